The van der Waals surface area contributed by atoms with Crippen molar-refractivity contribution >= 4 is 35.1 Å². The molecule has 0 saturated heterocycles. The summed E-state index contributed by atoms with van der Waals surface area (Å²) in [5, 5.41) is 9.57. The molecular formula is C22H20ClFN4O4. The zero-order valence-corrected chi connectivity index (χ0v) is 18.1. The Morgan fingerprint density at radius 3 is 2.53 bits per heavy atom. The minimum atomic E-state index is -0.578. The zero-order valence-electron chi connectivity index (χ0n) is 17.3. The van der Waals surface area contributed by atoms with E-state index >= 15 is 0 Å². The number of esters is 1. The number of methoxy groups -OCH3 is 1. The summed E-state index contributed by atoms with van der Waals surface area (Å²) in [5.74, 6) is -1.92. The number of amides is 2. The van der Waals surface area contributed by atoms with E-state index < -0.39 is 17.8 Å². The normalized spacial score (nSPS) is 10.5. The Hall–Kier alpha value is -3.72. The zero-order chi connectivity index (χ0) is 23.3. The summed E-state index contributed by atoms with van der Waals surface area (Å²) >= 11 is 6.40. The van der Waals surface area contributed by atoms with Crippen LogP contribution in [0.2, 0.25) is 5.15 Å². The van der Waals surface area contributed by atoms with Crippen molar-refractivity contribution in [3.63, 3.8) is 0 Å². The van der Waals surface area contributed by atoms with Crippen LogP contribution in [0.25, 0.3) is 0 Å². The van der Waals surface area contributed by atoms with E-state index in [0.29, 0.717) is 11.4 Å². The summed E-state index contributed by atoms with van der Waals surface area (Å²) in [5.41, 5.74) is 1.99. The average molecular weight is 459 g/mol. The number of ether oxygens (including phenoxy) is 1. The molecule has 3 rings (SSSR count). The molecule has 1 aromatic heterocycles. The van der Waals surface area contributed by atoms with Gasteiger partial charge in [0, 0.05) is 11.3 Å². The third-order valence-corrected chi connectivity index (χ3v) is 4.93. The van der Waals surface area contributed by atoms with Crippen molar-refractivity contribution in [2.45, 2.75) is 13.5 Å². The Bertz CT molecular complexity index is 1160. The number of hydrogen-bond donors (Lipinski definition) is 2. The molecule has 10 heteroatoms. The smallest absolute Gasteiger partial charge is 0.325 e. The first-order chi connectivity index (χ1) is 15.3. The van der Waals surface area contributed by atoms with Crippen molar-refractivity contribution in [1.82, 2.24) is 15.1 Å². The van der Waals surface area contributed by atoms with Gasteiger partial charge in [0.15, 0.2) is 0 Å². The molecule has 2 aromatic carbocycles. The molecule has 0 spiro atoms. The van der Waals surface area contributed by atoms with Crippen LogP contribution in [0, 0.1) is 12.7 Å². The number of hydrogen-bond acceptors (Lipinski definition) is 5. The van der Waals surface area contributed by atoms with Gasteiger partial charge in [0.25, 0.3) is 11.8 Å². The maximum atomic E-state index is 13.1. The van der Waals surface area contributed by atoms with Gasteiger partial charge in [-0.15, -0.1) is 0 Å². The quantitative estimate of drug-likeness (QED) is 0.529. The Morgan fingerprint density at radius 1 is 1.12 bits per heavy atom. The molecule has 2 amide bonds. The van der Waals surface area contributed by atoms with E-state index in [1.54, 1.807) is 37.3 Å². The van der Waals surface area contributed by atoms with Gasteiger partial charge in [0.1, 0.15) is 17.5 Å². The van der Waals surface area contributed by atoms with Gasteiger partial charge in [0.05, 0.1) is 24.9 Å². The number of nitrogens with one attached hydrogen (secondary N) is 2. The topological polar surface area (TPSA) is 102 Å². The predicted octanol–water partition coefficient (Wildman–Crippen LogP) is 3.19. The molecule has 1 heterocycles. The highest BCUT2D eigenvalue weighted by Gasteiger charge is 2.21. The molecule has 8 nitrogen and oxygen atoms in total. The van der Waals surface area contributed by atoms with Crippen molar-refractivity contribution in [3.05, 3.63) is 81.9 Å². The SMILES string of the molecule is COC(=O)CNC(=O)c1cccc(NC(=O)c2c(C)nn(Cc3ccc(F)cc3)c2Cl)c1. The lowest BCUT2D eigenvalue weighted by Crippen LogP contribution is -2.30. The number of nitrogens with zero attached hydrogens (tertiary/aromatic N) is 2. The molecule has 0 aliphatic carbocycles. The monoisotopic (exact) mass is 458 g/mol. The molecule has 0 bridgehead atoms. The largest absolute Gasteiger partial charge is 0.468 e. The van der Waals surface area contributed by atoms with Crippen molar-refractivity contribution in [2.75, 3.05) is 19.0 Å². The van der Waals surface area contributed by atoms with E-state index in [1.165, 1.54) is 30.0 Å². The van der Waals surface area contributed by atoms with Crippen LogP contribution in [0.5, 0.6) is 0 Å². The second kappa shape index (κ2) is 10.1. The van der Waals surface area contributed by atoms with E-state index in [9.17, 15) is 18.8 Å². The molecule has 166 valence electrons. The van der Waals surface area contributed by atoms with Crippen LogP contribution in [-0.4, -0.2) is 41.2 Å². The van der Waals surface area contributed by atoms with Crippen LogP contribution in [0.15, 0.2) is 48.5 Å². The molecular weight excluding hydrogens is 439 g/mol. The van der Waals surface area contributed by atoms with Gasteiger partial charge in [-0.2, -0.15) is 5.10 Å². The van der Waals surface area contributed by atoms with Gasteiger partial charge >= 0.3 is 5.97 Å². The third kappa shape index (κ3) is 5.50. The fraction of sp³-hybridized carbons (Fsp3) is 0.182. The summed E-state index contributed by atoms with van der Waals surface area (Å²) < 4.78 is 19.0. The number of aromatic nitrogens is 2. The summed E-state index contributed by atoms with van der Waals surface area (Å²) in [7, 11) is 1.22. The number of rotatable bonds is 7. The number of aryl methyl sites for hydroxylation is 1. The second-order valence-electron chi connectivity index (χ2n) is 6.83. The highest BCUT2D eigenvalue weighted by atomic mass is 35.5. The minimum absolute atomic E-state index is 0.135. The molecule has 0 unspecified atom stereocenters. The number of benzene rings is 2. The van der Waals surface area contributed by atoms with E-state index in [2.05, 4.69) is 20.5 Å². The number of carbonyl (C=O) groups excluding carboxylic acids is 3. The van der Waals surface area contributed by atoms with Crippen LogP contribution in [-0.2, 0) is 16.1 Å². The van der Waals surface area contributed by atoms with Crippen LogP contribution in [0.4, 0.5) is 10.1 Å². The summed E-state index contributed by atoms with van der Waals surface area (Å²) in [6, 6.07) is 12.1. The van der Waals surface area contributed by atoms with E-state index in [4.69, 9.17) is 11.6 Å². The molecule has 0 saturated carbocycles. The fourth-order valence-corrected chi connectivity index (χ4v) is 3.26. The average Bonchev–Trinajstić information content (AvgIpc) is 3.06. The standard InChI is InChI=1S/C22H20ClFN4O4/c1-13-19(20(23)28(27-13)12-14-6-8-16(24)9-7-14)22(31)26-17-5-3-4-15(10-17)21(30)25-11-18(29)32-2/h3-10H,11-12H2,1-2H3,(H,25,30)(H,26,31). The summed E-state index contributed by atoms with van der Waals surface area (Å²) in [6.07, 6.45) is 0. The molecule has 0 aliphatic heterocycles. The van der Waals surface area contributed by atoms with Gasteiger partial charge in [-0.05, 0) is 42.8 Å². The van der Waals surface area contributed by atoms with Crippen molar-refractivity contribution in [2.24, 2.45) is 0 Å². The van der Waals surface area contributed by atoms with Gasteiger partial charge in [-0.1, -0.05) is 29.8 Å². The van der Waals surface area contributed by atoms with Gasteiger partial charge < -0.3 is 15.4 Å². The third-order valence-electron chi connectivity index (χ3n) is 4.54. The van der Waals surface area contributed by atoms with E-state index in [-0.39, 0.29) is 35.2 Å². The van der Waals surface area contributed by atoms with Crippen LogP contribution in [0.3, 0.4) is 0 Å². The van der Waals surface area contributed by atoms with Crippen LogP contribution >= 0.6 is 11.6 Å². The first-order valence-corrected chi connectivity index (χ1v) is 9.90. The molecule has 0 radical (unpaired) electrons. The first-order valence-electron chi connectivity index (χ1n) is 9.52. The molecule has 0 fully saturated rings. The lowest BCUT2D eigenvalue weighted by molar-refractivity contribution is -0.139. The fourth-order valence-electron chi connectivity index (χ4n) is 2.94. The predicted molar refractivity (Wildman–Crippen MR) is 116 cm³/mol. The lowest BCUT2D eigenvalue weighted by Gasteiger charge is -2.08. The van der Waals surface area contributed by atoms with Gasteiger partial charge in [-0.25, -0.2) is 9.07 Å². The summed E-state index contributed by atoms with van der Waals surface area (Å²) in [4.78, 5) is 36.2. The van der Waals surface area contributed by atoms with Gasteiger partial charge in [-0.3, -0.25) is 14.4 Å². The van der Waals surface area contributed by atoms with Crippen molar-refractivity contribution in [3.8, 4) is 0 Å². The Balaban J connectivity index is 1.73. The highest BCUT2D eigenvalue weighted by molar-refractivity contribution is 6.33. The number of anilines is 1. The number of halogens is 2. The molecule has 2 N–H and O–H groups in total. The van der Waals surface area contributed by atoms with Crippen molar-refractivity contribution in [1.29, 1.82) is 0 Å². The maximum Gasteiger partial charge on any atom is 0.325 e. The molecule has 0 atom stereocenters. The van der Waals surface area contributed by atoms with Crippen LogP contribution < -0.4 is 10.6 Å². The maximum absolute atomic E-state index is 13.1. The molecule has 32 heavy (non-hydrogen) atoms. The Labute approximate surface area is 188 Å². The first kappa shape index (κ1) is 23.0. The van der Waals surface area contributed by atoms with Crippen LogP contribution in [0.1, 0.15) is 32.0 Å². The minimum Gasteiger partial charge on any atom is -0.468 e. The van der Waals surface area contributed by atoms with Gasteiger partial charge in [0.2, 0.25) is 0 Å². The molecule has 0 aliphatic rings. The van der Waals surface area contributed by atoms with Crippen molar-refractivity contribution < 1.29 is 23.5 Å². The number of carbonyl (C=O) groups is 3. The Morgan fingerprint density at radius 2 is 1.84 bits per heavy atom. The van der Waals surface area contributed by atoms with E-state index in [1.807, 2.05) is 0 Å². The second-order valence-corrected chi connectivity index (χ2v) is 7.19. The lowest BCUT2D eigenvalue weighted by atomic mass is 10.1. The highest BCUT2D eigenvalue weighted by Crippen LogP contribution is 2.23. The summed E-state index contributed by atoms with van der Waals surface area (Å²) in [6.45, 7) is 1.65. The van der Waals surface area contributed by atoms with E-state index in [0.717, 1.165) is 5.56 Å². The molecule has 3 aromatic rings. The Kier molecular flexibility index (Phi) is 7.21.